The Morgan fingerprint density at radius 3 is 1.82 bits per heavy atom. The summed E-state index contributed by atoms with van der Waals surface area (Å²) >= 11 is 0. The molecule has 2 atom stereocenters. The van der Waals surface area contributed by atoms with Gasteiger partial charge in [0.2, 0.25) is 0 Å². The maximum absolute atomic E-state index is 9.08. The van der Waals surface area contributed by atoms with Crippen molar-refractivity contribution in [3.63, 3.8) is 0 Å². The third-order valence-corrected chi connectivity index (χ3v) is 3.61. The van der Waals surface area contributed by atoms with Crippen LogP contribution in [0.3, 0.4) is 0 Å². The van der Waals surface area contributed by atoms with Gasteiger partial charge in [0, 0.05) is 0 Å². The third-order valence-electron chi connectivity index (χ3n) is 3.61. The van der Waals surface area contributed by atoms with E-state index in [0.717, 1.165) is 12.8 Å². The molecule has 0 aliphatic rings. The van der Waals surface area contributed by atoms with Crippen molar-refractivity contribution in [3.8, 4) is 0 Å². The highest BCUT2D eigenvalue weighted by Gasteiger charge is 2.21. The van der Waals surface area contributed by atoms with Gasteiger partial charge in [0.1, 0.15) is 0 Å². The minimum atomic E-state index is 0.0679. The second-order valence-corrected chi connectivity index (χ2v) is 5.18. The number of rotatable bonds is 12. The monoisotopic (exact) mass is 244 g/mol. The Hall–Kier alpha value is -0.0800. The molecule has 2 nitrogen and oxygen atoms in total. The molecule has 0 radical (unpaired) electrons. The molecule has 17 heavy (non-hydrogen) atoms. The van der Waals surface area contributed by atoms with Gasteiger partial charge >= 0.3 is 0 Å². The van der Waals surface area contributed by atoms with Crippen LogP contribution in [-0.2, 0) is 4.89 Å². The van der Waals surface area contributed by atoms with Gasteiger partial charge in [-0.1, -0.05) is 65.7 Å². The summed E-state index contributed by atoms with van der Waals surface area (Å²) in [6.45, 7) is 6.65. The van der Waals surface area contributed by atoms with Gasteiger partial charge in [-0.15, -0.1) is 0 Å². The van der Waals surface area contributed by atoms with E-state index in [1.54, 1.807) is 0 Å². The minimum absolute atomic E-state index is 0.0679. The van der Waals surface area contributed by atoms with Gasteiger partial charge < -0.3 is 0 Å². The van der Waals surface area contributed by atoms with Crippen molar-refractivity contribution in [1.29, 1.82) is 0 Å². The molecule has 0 aromatic rings. The third kappa shape index (κ3) is 8.62. The average molecular weight is 244 g/mol. The normalized spacial score (nSPS) is 14.8. The molecule has 2 heteroatoms. The van der Waals surface area contributed by atoms with E-state index in [4.69, 9.17) is 10.1 Å². The molecule has 2 unspecified atom stereocenters. The van der Waals surface area contributed by atoms with Crippen LogP contribution in [0.4, 0.5) is 0 Å². The Kier molecular flexibility index (Phi) is 12.3. The van der Waals surface area contributed by atoms with Crippen LogP contribution in [0.1, 0.15) is 85.0 Å². The quantitative estimate of drug-likeness (QED) is 0.282. The molecule has 0 saturated carbocycles. The Morgan fingerprint density at radius 2 is 1.29 bits per heavy atom. The molecule has 0 heterocycles. The molecule has 0 aromatic carbocycles. The first-order valence-electron chi connectivity index (χ1n) is 7.60. The molecule has 0 aromatic heterocycles. The van der Waals surface area contributed by atoms with Crippen molar-refractivity contribution < 1.29 is 10.1 Å². The van der Waals surface area contributed by atoms with E-state index in [1.807, 2.05) is 0 Å². The Bertz CT molecular complexity index is 148. The SMILES string of the molecule is CCCCCC(CCCC)C(CCCC)OO. The summed E-state index contributed by atoms with van der Waals surface area (Å²) in [6.07, 6.45) is 12.1. The predicted molar refractivity (Wildman–Crippen MR) is 74.2 cm³/mol. The molecule has 0 fully saturated rings. The van der Waals surface area contributed by atoms with E-state index >= 15 is 0 Å². The van der Waals surface area contributed by atoms with Crippen LogP contribution in [0.2, 0.25) is 0 Å². The highest BCUT2D eigenvalue weighted by Crippen LogP contribution is 2.25. The lowest BCUT2D eigenvalue weighted by molar-refractivity contribution is -0.292. The fraction of sp³-hybridized carbons (Fsp3) is 1.00. The molecule has 0 spiro atoms. The van der Waals surface area contributed by atoms with Crippen molar-refractivity contribution in [1.82, 2.24) is 0 Å². The Labute approximate surface area is 108 Å². The zero-order chi connectivity index (χ0) is 12.9. The van der Waals surface area contributed by atoms with E-state index < -0.39 is 0 Å². The second kappa shape index (κ2) is 12.4. The van der Waals surface area contributed by atoms with Crippen LogP contribution in [0.5, 0.6) is 0 Å². The topological polar surface area (TPSA) is 29.5 Å². The second-order valence-electron chi connectivity index (χ2n) is 5.18. The number of unbranched alkanes of at least 4 members (excludes halogenated alkanes) is 4. The van der Waals surface area contributed by atoms with Crippen LogP contribution in [0, 0.1) is 5.92 Å². The van der Waals surface area contributed by atoms with E-state index in [2.05, 4.69) is 20.8 Å². The van der Waals surface area contributed by atoms with E-state index in [0.29, 0.717) is 5.92 Å². The van der Waals surface area contributed by atoms with Gasteiger partial charge in [-0.3, -0.25) is 5.26 Å². The van der Waals surface area contributed by atoms with Crippen LogP contribution >= 0.6 is 0 Å². The van der Waals surface area contributed by atoms with Gasteiger partial charge in [0.05, 0.1) is 6.10 Å². The molecular formula is C15H32O2. The molecule has 0 aliphatic heterocycles. The molecule has 1 N–H and O–H groups in total. The summed E-state index contributed by atoms with van der Waals surface area (Å²) in [5.41, 5.74) is 0. The summed E-state index contributed by atoms with van der Waals surface area (Å²) in [5, 5.41) is 9.08. The fourth-order valence-corrected chi connectivity index (χ4v) is 2.42. The summed E-state index contributed by atoms with van der Waals surface area (Å²) < 4.78 is 0. The minimum Gasteiger partial charge on any atom is -0.252 e. The van der Waals surface area contributed by atoms with Gasteiger partial charge in [0.15, 0.2) is 0 Å². The van der Waals surface area contributed by atoms with Gasteiger partial charge in [0.25, 0.3) is 0 Å². The van der Waals surface area contributed by atoms with Crippen molar-refractivity contribution in [2.75, 3.05) is 0 Å². The largest absolute Gasteiger partial charge is 0.252 e. The van der Waals surface area contributed by atoms with E-state index in [9.17, 15) is 0 Å². The Balaban J connectivity index is 4.08. The van der Waals surface area contributed by atoms with Gasteiger partial charge in [-0.2, -0.15) is 0 Å². The van der Waals surface area contributed by atoms with Crippen molar-refractivity contribution >= 4 is 0 Å². The van der Waals surface area contributed by atoms with Gasteiger partial charge in [-0.25, -0.2) is 4.89 Å². The van der Waals surface area contributed by atoms with Crippen molar-refractivity contribution in [3.05, 3.63) is 0 Å². The summed E-state index contributed by atoms with van der Waals surface area (Å²) in [4.78, 5) is 4.74. The lowest BCUT2D eigenvalue weighted by atomic mass is 9.88. The van der Waals surface area contributed by atoms with Crippen LogP contribution < -0.4 is 0 Å². The van der Waals surface area contributed by atoms with Crippen LogP contribution in [0.15, 0.2) is 0 Å². The van der Waals surface area contributed by atoms with Crippen molar-refractivity contribution in [2.24, 2.45) is 5.92 Å². The van der Waals surface area contributed by atoms with E-state index in [-0.39, 0.29) is 6.10 Å². The number of hydrogen-bond donors (Lipinski definition) is 1. The first-order chi connectivity index (χ1) is 8.29. The molecule has 0 rings (SSSR count). The highest BCUT2D eigenvalue weighted by molar-refractivity contribution is 4.70. The summed E-state index contributed by atoms with van der Waals surface area (Å²) in [7, 11) is 0. The van der Waals surface area contributed by atoms with Gasteiger partial charge in [-0.05, 0) is 25.2 Å². The lowest BCUT2D eigenvalue weighted by Gasteiger charge is -2.24. The smallest absolute Gasteiger partial charge is 0.0955 e. The molecule has 104 valence electrons. The van der Waals surface area contributed by atoms with Crippen LogP contribution in [0.25, 0.3) is 0 Å². The maximum Gasteiger partial charge on any atom is 0.0955 e. The predicted octanol–water partition coefficient (Wildman–Crippen LogP) is 5.42. The average Bonchev–Trinajstić information content (AvgIpc) is 2.36. The summed E-state index contributed by atoms with van der Waals surface area (Å²) in [5.74, 6) is 0.554. The standard InChI is InChI=1S/C15H32O2/c1-4-7-10-12-14(11-8-5-2)15(17-16)13-9-6-3/h14-16H,4-13H2,1-3H3. The Morgan fingerprint density at radius 1 is 0.765 bits per heavy atom. The molecule has 0 aliphatic carbocycles. The molecular weight excluding hydrogens is 212 g/mol. The first kappa shape index (κ1) is 16.9. The van der Waals surface area contributed by atoms with E-state index in [1.165, 1.54) is 51.4 Å². The number of hydrogen-bond acceptors (Lipinski definition) is 2. The van der Waals surface area contributed by atoms with Crippen molar-refractivity contribution in [2.45, 2.75) is 91.1 Å². The zero-order valence-corrected chi connectivity index (χ0v) is 12.1. The van der Waals surface area contributed by atoms with Crippen LogP contribution in [-0.4, -0.2) is 11.4 Å². The zero-order valence-electron chi connectivity index (χ0n) is 12.1. The maximum atomic E-state index is 9.08. The fourth-order valence-electron chi connectivity index (χ4n) is 2.42. The highest BCUT2D eigenvalue weighted by atomic mass is 17.1. The molecule has 0 amide bonds. The summed E-state index contributed by atoms with van der Waals surface area (Å²) in [6, 6.07) is 0. The lowest BCUT2D eigenvalue weighted by Crippen LogP contribution is -2.23. The molecule has 0 bridgehead atoms. The molecule has 0 saturated heterocycles. The first-order valence-corrected chi connectivity index (χ1v) is 7.60.